The van der Waals surface area contributed by atoms with E-state index in [9.17, 15) is 15.0 Å². The highest BCUT2D eigenvalue weighted by Crippen LogP contribution is 2.55. The molecule has 9 heteroatoms. The first-order valence-electron chi connectivity index (χ1n) is 21.1. The molecule has 4 saturated carbocycles. The summed E-state index contributed by atoms with van der Waals surface area (Å²) in [6.45, 7) is 4.86. The highest BCUT2D eigenvalue weighted by atomic mass is 35.5. The third kappa shape index (κ3) is 8.27. The summed E-state index contributed by atoms with van der Waals surface area (Å²) >= 11 is 6.13. The fourth-order valence-corrected chi connectivity index (χ4v) is 11.4. The molecule has 0 radical (unpaired) electrons. The van der Waals surface area contributed by atoms with Crippen molar-refractivity contribution in [3.63, 3.8) is 0 Å². The second kappa shape index (κ2) is 16.1. The molecule has 0 aromatic heterocycles. The topological polar surface area (TPSA) is 103 Å². The lowest BCUT2D eigenvalue weighted by molar-refractivity contribution is -0.277. The van der Waals surface area contributed by atoms with Crippen LogP contribution in [0.15, 0.2) is 97.1 Å². The normalized spacial score (nSPS) is 30.6. The van der Waals surface area contributed by atoms with Crippen molar-refractivity contribution in [2.45, 2.75) is 101 Å². The molecule has 4 aliphatic carbocycles. The molecule has 57 heavy (non-hydrogen) atoms. The first kappa shape index (κ1) is 38.7. The molecule has 300 valence electrons. The minimum absolute atomic E-state index is 0.00632. The third-order valence-corrected chi connectivity index (χ3v) is 14.2. The number of likely N-dealkylation sites (tertiary alicyclic amines) is 1. The number of hydrogen-bond acceptors (Lipinski definition) is 6. The van der Waals surface area contributed by atoms with Gasteiger partial charge in [0, 0.05) is 48.2 Å². The molecule has 2 heterocycles. The van der Waals surface area contributed by atoms with Crippen LogP contribution >= 0.6 is 11.6 Å². The van der Waals surface area contributed by atoms with E-state index in [1.54, 1.807) is 0 Å². The lowest BCUT2D eigenvalue weighted by atomic mass is 9.53. The average Bonchev–Trinajstić information content (AvgIpc) is 3.21. The van der Waals surface area contributed by atoms with Crippen LogP contribution in [0.1, 0.15) is 98.5 Å². The zero-order valence-electron chi connectivity index (χ0n) is 32.9. The Balaban J connectivity index is 0.884. The number of carbonyl (C=O) groups is 1. The Labute approximate surface area is 341 Å². The number of halogens is 1. The predicted octanol–water partition coefficient (Wildman–Crippen LogP) is 9.04. The second-order valence-corrected chi connectivity index (χ2v) is 18.4. The Morgan fingerprint density at radius 2 is 1.46 bits per heavy atom. The Kier molecular flexibility index (Phi) is 11.0. The zero-order valence-corrected chi connectivity index (χ0v) is 33.7. The molecule has 4 aromatic carbocycles. The number of ether oxygens (including phenoxy) is 2. The smallest absolute Gasteiger partial charge is 0.315 e. The van der Waals surface area contributed by atoms with E-state index in [1.807, 2.05) is 48.5 Å². The number of nitrogens with one attached hydrogen (secondary N) is 2. The van der Waals surface area contributed by atoms with Crippen LogP contribution in [-0.2, 0) is 28.2 Å². The fraction of sp³-hybridized carbons (Fsp3) is 0.479. The molecular formula is C48H56ClN3O5. The number of urea groups is 1. The Hall–Kier alpha value is -3.76. The van der Waals surface area contributed by atoms with Crippen LogP contribution in [0.3, 0.4) is 0 Å². The zero-order chi connectivity index (χ0) is 39.1. The van der Waals surface area contributed by atoms with Crippen LogP contribution < -0.4 is 10.6 Å². The fourth-order valence-electron chi connectivity index (χ4n) is 11.2. The van der Waals surface area contributed by atoms with E-state index in [0.717, 1.165) is 95.6 Å². The highest BCUT2D eigenvalue weighted by molar-refractivity contribution is 6.30. The molecule has 2 aliphatic heterocycles. The quantitative estimate of drug-likeness (QED) is 0.128. The Morgan fingerprint density at radius 3 is 2.11 bits per heavy atom. The van der Waals surface area contributed by atoms with Gasteiger partial charge in [-0.3, -0.25) is 0 Å². The minimum atomic E-state index is -0.875. The van der Waals surface area contributed by atoms with Gasteiger partial charge in [-0.15, -0.1) is 0 Å². The summed E-state index contributed by atoms with van der Waals surface area (Å²) in [5.41, 5.74) is 6.09. The summed E-state index contributed by atoms with van der Waals surface area (Å²) in [5.74, 6) is 2.39. The first-order chi connectivity index (χ1) is 27.6. The number of carbonyl (C=O) groups excluding carboxylic acids is 1. The maximum absolute atomic E-state index is 13.3. The maximum Gasteiger partial charge on any atom is 0.315 e. The lowest BCUT2D eigenvalue weighted by Gasteiger charge is -2.56. The van der Waals surface area contributed by atoms with Crippen molar-refractivity contribution in [2.75, 3.05) is 19.6 Å². The van der Waals surface area contributed by atoms with Gasteiger partial charge in [-0.2, -0.15) is 0 Å². The number of aliphatic hydroxyl groups excluding tert-OH is 1. The number of piperidine rings is 1. The summed E-state index contributed by atoms with van der Waals surface area (Å²) in [6.07, 6.45) is 7.80. The van der Waals surface area contributed by atoms with Crippen molar-refractivity contribution < 1.29 is 24.5 Å². The van der Waals surface area contributed by atoms with Crippen LogP contribution in [-0.4, -0.2) is 52.4 Å². The van der Waals surface area contributed by atoms with Crippen molar-refractivity contribution in [3.05, 3.63) is 130 Å². The first-order valence-corrected chi connectivity index (χ1v) is 21.5. The van der Waals surface area contributed by atoms with Crippen molar-refractivity contribution >= 4 is 17.6 Å². The predicted molar refractivity (Wildman–Crippen MR) is 222 cm³/mol. The van der Waals surface area contributed by atoms with E-state index in [-0.39, 0.29) is 36.3 Å². The van der Waals surface area contributed by atoms with Gasteiger partial charge in [0.2, 0.25) is 0 Å². The van der Waals surface area contributed by atoms with Gasteiger partial charge >= 0.3 is 6.03 Å². The molecule has 8 nitrogen and oxygen atoms in total. The van der Waals surface area contributed by atoms with E-state index < -0.39 is 11.9 Å². The molecule has 0 spiro atoms. The molecule has 4 bridgehead atoms. The van der Waals surface area contributed by atoms with Crippen molar-refractivity contribution in [3.8, 4) is 11.1 Å². The van der Waals surface area contributed by atoms with E-state index in [0.29, 0.717) is 24.4 Å². The summed E-state index contributed by atoms with van der Waals surface area (Å²) < 4.78 is 13.6. The third-order valence-electron chi connectivity index (χ3n) is 14.0. The standard InChI is InChI=1S/C48H56ClN3O5/c1-31-43(29-52-20-18-48(55,19-21-52)40-14-16-41(49)17-15-40)56-45(57-44(31)37-8-6-32(30-53)7-9-37)38-12-10-36(11-13-38)42-5-3-2-4-39(42)28-50-46(54)51-47-25-33-22-34(26-47)24-35(23-33)27-47/h2-17,31,33-35,43-45,53,55H,18-30H2,1H3,(H2,50,51,54)/t31-,33?,34?,35?,43+,44+,45+,47?/m1/s1. The van der Waals surface area contributed by atoms with Gasteiger partial charge < -0.3 is 35.2 Å². The van der Waals surface area contributed by atoms with Crippen molar-refractivity contribution in [1.82, 2.24) is 15.5 Å². The Bertz CT molecular complexity index is 1980. The van der Waals surface area contributed by atoms with Gasteiger partial charge in [-0.1, -0.05) is 103 Å². The van der Waals surface area contributed by atoms with E-state index in [4.69, 9.17) is 21.1 Å². The molecule has 6 fully saturated rings. The van der Waals surface area contributed by atoms with E-state index >= 15 is 0 Å². The second-order valence-electron chi connectivity index (χ2n) is 17.9. The lowest BCUT2D eigenvalue weighted by Crippen LogP contribution is -2.61. The molecule has 2 amide bonds. The largest absolute Gasteiger partial charge is 0.392 e. The summed E-state index contributed by atoms with van der Waals surface area (Å²) in [7, 11) is 0. The molecule has 10 rings (SSSR count). The van der Waals surface area contributed by atoms with Crippen LogP contribution in [0.5, 0.6) is 0 Å². The van der Waals surface area contributed by atoms with Gasteiger partial charge in [0.15, 0.2) is 6.29 Å². The van der Waals surface area contributed by atoms with E-state index in [1.165, 1.54) is 19.3 Å². The SMILES string of the molecule is C[C@@H]1[C@H](CN2CCC(O)(c3ccc(Cl)cc3)CC2)O[C@H](c2ccc(-c3ccccc3CNC(=O)NC34CC5CC(CC(C5)C3)C4)cc2)O[C@@H]1c1ccc(CO)cc1. The number of benzene rings is 4. The highest BCUT2D eigenvalue weighted by Gasteiger charge is 2.51. The van der Waals surface area contributed by atoms with Crippen molar-refractivity contribution in [2.24, 2.45) is 23.7 Å². The van der Waals surface area contributed by atoms with Gasteiger partial charge in [-0.25, -0.2) is 4.79 Å². The number of hydrogen-bond donors (Lipinski definition) is 4. The van der Waals surface area contributed by atoms with Crippen LogP contribution in [0.2, 0.25) is 5.02 Å². The molecule has 6 aliphatic rings. The van der Waals surface area contributed by atoms with Crippen LogP contribution in [0, 0.1) is 23.7 Å². The van der Waals surface area contributed by atoms with Crippen LogP contribution in [0.25, 0.3) is 11.1 Å². The summed E-state index contributed by atoms with van der Waals surface area (Å²) in [5, 5.41) is 28.6. The monoisotopic (exact) mass is 789 g/mol. The number of nitrogens with zero attached hydrogens (tertiary/aromatic N) is 1. The molecule has 4 aromatic rings. The minimum Gasteiger partial charge on any atom is -0.392 e. The number of amides is 2. The number of rotatable bonds is 10. The van der Waals surface area contributed by atoms with Gasteiger partial charge in [0.1, 0.15) is 0 Å². The van der Waals surface area contributed by atoms with Gasteiger partial charge in [0.25, 0.3) is 0 Å². The molecule has 4 atom stereocenters. The van der Waals surface area contributed by atoms with Gasteiger partial charge in [0.05, 0.1) is 24.4 Å². The molecule has 0 unspecified atom stereocenters. The summed E-state index contributed by atoms with van der Waals surface area (Å²) in [4.78, 5) is 15.7. The summed E-state index contributed by atoms with van der Waals surface area (Å²) in [6, 6.07) is 32.2. The average molecular weight is 790 g/mol. The van der Waals surface area contributed by atoms with Crippen molar-refractivity contribution in [1.29, 1.82) is 0 Å². The maximum atomic E-state index is 13.3. The molecular weight excluding hydrogens is 734 g/mol. The van der Waals surface area contributed by atoms with E-state index in [2.05, 4.69) is 71.0 Å². The Morgan fingerprint density at radius 1 is 0.825 bits per heavy atom. The molecule has 2 saturated heterocycles. The molecule has 4 N–H and O–H groups in total. The number of aliphatic hydroxyl groups is 2. The van der Waals surface area contributed by atoms with Gasteiger partial charge in [-0.05, 0) is 115 Å². The van der Waals surface area contributed by atoms with Crippen LogP contribution in [0.4, 0.5) is 4.79 Å².